The van der Waals surface area contributed by atoms with E-state index in [0.717, 1.165) is 5.56 Å². The second-order valence-corrected chi connectivity index (χ2v) is 5.84. The number of benzene rings is 1. The Morgan fingerprint density at radius 2 is 1.48 bits per heavy atom. The van der Waals surface area contributed by atoms with Gasteiger partial charge in [-0.25, -0.2) is 0 Å². The van der Waals surface area contributed by atoms with Crippen molar-refractivity contribution >= 4 is 17.7 Å². The molecule has 2 rings (SSSR count). The van der Waals surface area contributed by atoms with Crippen LogP contribution < -0.4 is 0 Å². The van der Waals surface area contributed by atoms with Gasteiger partial charge in [0.2, 0.25) is 5.92 Å². The van der Waals surface area contributed by atoms with Crippen molar-refractivity contribution in [1.29, 1.82) is 0 Å². The van der Waals surface area contributed by atoms with Gasteiger partial charge in [-0.05, 0) is 38.0 Å². The molecule has 0 aliphatic rings. The van der Waals surface area contributed by atoms with Gasteiger partial charge < -0.3 is 9.47 Å². The SMILES string of the molecule is CCOC(=O)C(C(=O)OCC)C(=O)C(Cc1ccccc1)c1ccccn1. The molecule has 0 saturated heterocycles. The van der Waals surface area contributed by atoms with Gasteiger partial charge in [-0.2, -0.15) is 0 Å². The summed E-state index contributed by atoms with van der Waals surface area (Å²) < 4.78 is 9.90. The van der Waals surface area contributed by atoms with Crippen molar-refractivity contribution in [3.8, 4) is 0 Å². The molecule has 6 heteroatoms. The van der Waals surface area contributed by atoms with Crippen LogP contribution in [0.4, 0.5) is 0 Å². The number of pyridine rings is 1. The smallest absolute Gasteiger partial charge is 0.328 e. The van der Waals surface area contributed by atoms with Crippen LogP contribution in [-0.2, 0) is 30.3 Å². The Bertz CT molecular complexity index is 743. The number of carbonyl (C=O) groups excluding carboxylic acids is 3. The number of esters is 2. The molecule has 0 aliphatic carbocycles. The summed E-state index contributed by atoms with van der Waals surface area (Å²) in [6.07, 6.45) is 1.89. The van der Waals surface area contributed by atoms with E-state index < -0.39 is 29.6 Å². The summed E-state index contributed by atoms with van der Waals surface area (Å²) in [6.45, 7) is 3.36. The number of carbonyl (C=O) groups is 3. The number of aromatic nitrogens is 1. The molecule has 6 nitrogen and oxygen atoms in total. The van der Waals surface area contributed by atoms with Crippen LogP contribution >= 0.6 is 0 Å². The number of ether oxygens (including phenoxy) is 2. The molecule has 1 aromatic heterocycles. The highest BCUT2D eigenvalue weighted by molar-refractivity contribution is 6.16. The van der Waals surface area contributed by atoms with E-state index >= 15 is 0 Å². The van der Waals surface area contributed by atoms with E-state index in [1.54, 1.807) is 38.2 Å². The summed E-state index contributed by atoms with van der Waals surface area (Å²) in [7, 11) is 0. The van der Waals surface area contributed by atoms with Crippen LogP contribution in [0.5, 0.6) is 0 Å². The molecule has 0 bridgehead atoms. The third-order valence-corrected chi connectivity index (χ3v) is 4.00. The Labute approximate surface area is 158 Å². The Hall–Kier alpha value is -3.02. The van der Waals surface area contributed by atoms with Crippen LogP contribution in [0.3, 0.4) is 0 Å². The molecular formula is C21H23NO5. The van der Waals surface area contributed by atoms with Crippen molar-refractivity contribution in [2.45, 2.75) is 26.2 Å². The molecule has 0 saturated carbocycles. The maximum atomic E-state index is 13.2. The van der Waals surface area contributed by atoms with Crippen molar-refractivity contribution in [3.63, 3.8) is 0 Å². The Kier molecular flexibility index (Phi) is 7.67. The van der Waals surface area contributed by atoms with Gasteiger partial charge >= 0.3 is 11.9 Å². The number of hydrogen-bond acceptors (Lipinski definition) is 6. The quantitative estimate of drug-likeness (QED) is 0.499. The van der Waals surface area contributed by atoms with Crippen molar-refractivity contribution < 1.29 is 23.9 Å². The molecular weight excluding hydrogens is 346 g/mol. The molecule has 1 aromatic carbocycles. The van der Waals surface area contributed by atoms with Crippen molar-refractivity contribution in [3.05, 3.63) is 66.0 Å². The predicted molar refractivity (Wildman–Crippen MR) is 98.9 cm³/mol. The minimum Gasteiger partial charge on any atom is -0.465 e. The first kappa shape index (κ1) is 20.3. The first-order chi connectivity index (χ1) is 13.1. The third-order valence-electron chi connectivity index (χ3n) is 4.00. The Morgan fingerprint density at radius 1 is 0.889 bits per heavy atom. The maximum absolute atomic E-state index is 13.2. The second-order valence-electron chi connectivity index (χ2n) is 5.84. The van der Waals surface area contributed by atoms with E-state index in [0.29, 0.717) is 12.1 Å². The van der Waals surface area contributed by atoms with E-state index in [1.165, 1.54) is 0 Å². The number of rotatable bonds is 9. The molecule has 142 valence electrons. The normalized spacial score (nSPS) is 11.7. The number of Topliss-reactive ketones (excluding diaryl/α,β-unsaturated/α-hetero) is 1. The van der Waals surface area contributed by atoms with Gasteiger partial charge in [0, 0.05) is 6.20 Å². The summed E-state index contributed by atoms with van der Waals surface area (Å²) in [6, 6.07) is 14.6. The van der Waals surface area contributed by atoms with Gasteiger partial charge in [0.05, 0.1) is 24.8 Å². The second kappa shape index (κ2) is 10.2. The predicted octanol–water partition coefficient (Wildman–Crippen LogP) is 2.72. The van der Waals surface area contributed by atoms with Gasteiger partial charge in [0.25, 0.3) is 0 Å². The number of ketones is 1. The molecule has 2 aromatic rings. The molecule has 0 amide bonds. The zero-order valence-corrected chi connectivity index (χ0v) is 15.5. The van der Waals surface area contributed by atoms with Crippen LogP contribution in [0.25, 0.3) is 0 Å². The summed E-state index contributed by atoms with van der Waals surface area (Å²) >= 11 is 0. The summed E-state index contributed by atoms with van der Waals surface area (Å²) in [4.78, 5) is 42.2. The minimum atomic E-state index is -1.62. The fourth-order valence-corrected chi connectivity index (χ4v) is 2.76. The standard InChI is InChI=1S/C21H23NO5/c1-3-26-20(24)18(21(25)27-4-2)19(23)16(17-12-8-9-13-22-17)14-15-10-6-5-7-11-15/h5-13,16,18H,3-4,14H2,1-2H3. The molecule has 1 heterocycles. The van der Waals surface area contributed by atoms with Crippen LogP contribution in [0.15, 0.2) is 54.7 Å². The first-order valence-electron chi connectivity index (χ1n) is 8.90. The fourth-order valence-electron chi connectivity index (χ4n) is 2.76. The van der Waals surface area contributed by atoms with E-state index in [9.17, 15) is 14.4 Å². The van der Waals surface area contributed by atoms with E-state index in [-0.39, 0.29) is 13.2 Å². The van der Waals surface area contributed by atoms with Gasteiger partial charge in [0.1, 0.15) is 0 Å². The zero-order valence-electron chi connectivity index (χ0n) is 15.5. The molecule has 1 atom stereocenters. The Morgan fingerprint density at radius 3 is 2.00 bits per heavy atom. The van der Waals surface area contributed by atoms with Crippen molar-refractivity contribution in [2.75, 3.05) is 13.2 Å². The number of nitrogens with zero attached hydrogens (tertiary/aromatic N) is 1. The molecule has 0 N–H and O–H groups in total. The van der Waals surface area contributed by atoms with Crippen LogP contribution in [0.1, 0.15) is 31.0 Å². The molecule has 0 aliphatic heterocycles. The topological polar surface area (TPSA) is 82.6 Å². The monoisotopic (exact) mass is 369 g/mol. The molecule has 0 fully saturated rings. The van der Waals surface area contributed by atoms with E-state index in [2.05, 4.69) is 4.98 Å². The van der Waals surface area contributed by atoms with Gasteiger partial charge in [0.15, 0.2) is 5.78 Å². The molecule has 0 spiro atoms. The molecule has 27 heavy (non-hydrogen) atoms. The van der Waals surface area contributed by atoms with Crippen LogP contribution in [0, 0.1) is 5.92 Å². The van der Waals surface area contributed by atoms with Gasteiger partial charge in [-0.15, -0.1) is 0 Å². The fraction of sp³-hybridized carbons (Fsp3) is 0.333. The Balaban J connectivity index is 2.39. The zero-order chi connectivity index (χ0) is 19.6. The lowest BCUT2D eigenvalue weighted by atomic mass is 9.85. The summed E-state index contributed by atoms with van der Waals surface area (Å²) in [5.74, 6) is -4.76. The molecule has 0 radical (unpaired) electrons. The van der Waals surface area contributed by atoms with Crippen LogP contribution in [0.2, 0.25) is 0 Å². The summed E-state index contributed by atoms with van der Waals surface area (Å²) in [5.41, 5.74) is 1.39. The van der Waals surface area contributed by atoms with Gasteiger partial charge in [-0.1, -0.05) is 36.4 Å². The summed E-state index contributed by atoms with van der Waals surface area (Å²) in [5, 5.41) is 0. The first-order valence-corrected chi connectivity index (χ1v) is 8.90. The van der Waals surface area contributed by atoms with Crippen molar-refractivity contribution in [1.82, 2.24) is 4.98 Å². The lowest BCUT2D eigenvalue weighted by Crippen LogP contribution is -2.38. The highest BCUT2D eigenvalue weighted by Gasteiger charge is 2.41. The largest absolute Gasteiger partial charge is 0.465 e. The highest BCUT2D eigenvalue weighted by Crippen LogP contribution is 2.25. The third kappa shape index (κ3) is 5.48. The average molecular weight is 369 g/mol. The van der Waals surface area contributed by atoms with Crippen LogP contribution in [-0.4, -0.2) is 35.9 Å². The minimum absolute atomic E-state index is 0.0644. The maximum Gasteiger partial charge on any atom is 0.328 e. The lowest BCUT2D eigenvalue weighted by molar-refractivity contribution is -0.164. The van der Waals surface area contributed by atoms with E-state index in [4.69, 9.17) is 9.47 Å². The highest BCUT2D eigenvalue weighted by atomic mass is 16.6. The lowest BCUT2D eigenvalue weighted by Gasteiger charge is -2.20. The van der Waals surface area contributed by atoms with Gasteiger partial charge in [-0.3, -0.25) is 19.4 Å². The molecule has 1 unspecified atom stereocenters. The number of hydrogen-bond donors (Lipinski definition) is 0. The van der Waals surface area contributed by atoms with E-state index in [1.807, 2.05) is 30.3 Å². The van der Waals surface area contributed by atoms with Crippen molar-refractivity contribution in [2.24, 2.45) is 5.92 Å². The average Bonchev–Trinajstić information content (AvgIpc) is 2.68.